The summed E-state index contributed by atoms with van der Waals surface area (Å²) in [4.78, 5) is 271. The number of amides is 17. The maximum atomic E-state index is 15.3. The normalized spacial score (nSPS) is 18.5. The van der Waals surface area contributed by atoms with Gasteiger partial charge in [-0.15, -0.1) is 0 Å². The molecule has 6 rings (SSSR count). The molecule has 0 bridgehead atoms. The minimum Gasteiger partial charge on any atom is -0.481 e. The molecule has 145 heavy (non-hydrogen) atoms. The van der Waals surface area contributed by atoms with Gasteiger partial charge in [-0.2, -0.15) is 0 Å². The Labute approximate surface area is 840 Å². The Morgan fingerprint density at radius 2 is 1.14 bits per heavy atom. The number of unbranched alkanes of at least 4 members (excludes halogenated alkanes) is 14. The molecular formula is C96H148N24O25. The lowest BCUT2D eigenvalue weighted by Gasteiger charge is -2.31. The van der Waals surface area contributed by atoms with Crippen molar-refractivity contribution in [2.75, 3.05) is 72.3 Å². The zero-order valence-corrected chi connectivity index (χ0v) is 82.3. The molecule has 2 aromatic carbocycles. The number of carbonyl (C=O) groups excluding carboxylic acids is 17. The van der Waals surface area contributed by atoms with E-state index in [9.17, 15) is 92.0 Å². The van der Waals surface area contributed by atoms with Crippen molar-refractivity contribution in [1.29, 1.82) is 5.41 Å². The van der Waals surface area contributed by atoms with Crippen LogP contribution in [0.5, 0.6) is 0 Å². The monoisotopic (exact) mass is 2040 g/mol. The molecule has 49 heteroatoms. The minimum absolute atomic E-state index is 0.00378. The maximum absolute atomic E-state index is 15.3. The van der Waals surface area contributed by atoms with E-state index in [1.165, 1.54) is 25.4 Å². The van der Waals surface area contributed by atoms with E-state index < -0.39 is 262 Å². The summed E-state index contributed by atoms with van der Waals surface area (Å²) in [5.41, 5.74) is 25.1. The Morgan fingerprint density at radius 3 is 1.78 bits per heavy atom. The van der Waals surface area contributed by atoms with E-state index in [1.54, 1.807) is 67.7 Å². The number of imidazole rings is 1. The van der Waals surface area contributed by atoms with Crippen molar-refractivity contribution in [3.63, 3.8) is 0 Å². The minimum atomic E-state index is -1.81. The molecule has 49 nitrogen and oxygen atoms in total. The summed E-state index contributed by atoms with van der Waals surface area (Å²) in [7, 11) is 0. The van der Waals surface area contributed by atoms with Crippen molar-refractivity contribution in [1.82, 2.24) is 99.6 Å². The molecule has 0 saturated carbocycles. The number of nitrogens with one attached hydrogen (secondary N) is 18. The lowest BCUT2D eigenvalue weighted by Crippen LogP contribution is -2.62. The number of aliphatic hydroxyl groups excluding tert-OH is 2. The van der Waals surface area contributed by atoms with Crippen LogP contribution in [0.15, 0.2) is 73.3 Å². The Balaban J connectivity index is 1.04. The molecule has 802 valence electrons. The van der Waals surface area contributed by atoms with Gasteiger partial charge in [-0.25, -0.2) is 9.78 Å². The van der Waals surface area contributed by atoms with Crippen molar-refractivity contribution in [3.05, 3.63) is 90.1 Å². The number of carboxylic acids is 2. The van der Waals surface area contributed by atoms with Crippen LogP contribution >= 0.6 is 0 Å². The lowest BCUT2D eigenvalue weighted by molar-refractivity contribution is -0.143. The standard InChI is InChI=1S/C96H148N24O25/c1-2-3-29-66(85(132)115-69-36-39-78(124)103-41-24-23-31-65(84(99)131)111-89(136)72(48-60-52-106-64-30-22-21-28-63(60)64)116-86(133)67(32-25-42-105-96(100)101)112-88(135)71(47-59-26-17-16-18-27-59)118-93(140)76-50-62(122)55-120(76)94(69)141)113-91(138)74(51-97)119-90(137)73(49-61-53-102-58-108-61)117-87(134)68(35-38-77(98)123)114-92(139)75(56-121)110-81(127)54-107-82(128)57-145-46-45-144-44-43-104-79(125)40-37-70(95(142)143)109-80(126)33-19-14-12-10-8-6-4-5-7-9-11-13-15-20-34-83(129)130/h16-18,21-22,26-28,30,52-53,58,62,65-76,106,121-122H,2-15,19-20,23-25,29,31-51,54-57,97H2,1H3,(H2,98,123)(H2,99,131)(H,102,108)(H,103,124)(H,104,125)(H,107,128)(H,109,126)(H,110,127)(H,111,136)(H,112,135)(H,113,138)(H,114,139)(H,115,132)(H,116,133)(H,117,134)(H,118,140)(H,119,137)(H,129,130)(H,142,143)(H4,100,101,105)/t62-,65+,66+,67+,68+,69+,70+,71-,72+,73+,74+,75+,76+/m1/s1. The van der Waals surface area contributed by atoms with Crippen LogP contribution in [0, 0.1) is 5.41 Å². The van der Waals surface area contributed by atoms with E-state index >= 15 is 14.4 Å². The number of hydrogen-bond donors (Lipinski definition) is 26. The molecule has 0 unspecified atom stereocenters. The van der Waals surface area contributed by atoms with Gasteiger partial charge in [0.05, 0.1) is 51.1 Å². The summed E-state index contributed by atoms with van der Waals surface area (Å²) in [5, 5.41) is 86.9. The first kappa shape index (κ1) is 120. The van der Waals surface area contributed by atoms with E-state index in [0.29, 0.717) is 34.9 Å². The second-order valence-corrected chi connectivity index (χ2v) is 36.1. The van der Waals surface area contributed by atoms with Gasteiger partial charge >= 0.3 is 11.9 Å². The topological polar surface area (TPSA) is 780 Å². The number of hydrogen-bond acceptors (Lipinski definition) is 26. The molecule has 30 N–H and O–H groups in total. The average Bonchev–Trinajstić information content (AvgIpc) is 1.58. The number of nitrogens with two attached hydrogens (primary N) is 4. The fraction of sp³-hybridized carbons (Fsp3) is 0.615. The third-order valence-corrected chi connectivity index (χ3v) is 24.4. The molecule has 2 aromatic heterocycles. The number of aromatic nitrogens is 3. The predicted molar refractivity (Wildman–Crippen MR) is 526 cm³/mol. The predicted octanol–water partition coefficient (Wildman–Crippen LogP) is -3.09. The van der Waals surface area contributed by atoms with Gasteiger partial charge in [0.1, 0.15) is 79.1 Å². The van der Waals surface area contributed by atoms with E-state index in [1.807, 2.05) is 0 Å². The fourth-order valence-electron chi connectivity index (χ4n) is 16.3. The van der Waals surface area contributed by atoms with Gasteiger partial charge in [-0.3, -0.25) is 91.7 Å². The van der Waals surface area contributed by atoms with E-state index in [0.717, 1.165) is 75.5 Å². The van der Waals surface area contributed by atoms with Crippen LogP contribution in [0.2, 0.25) is 0 Å². The number of aliphatic hydroxyl groups is 2. The number of carboxylic acid groups (broad SMARTS) is 2. The molecule has 4 heterocycles. The number of aromatic amines is 2. The lowest BCUT2D eigenvalue weighted by atomic mass is 10.0. The van der Waals surface area contributed by atoms with Crippen LogP contribution in [-0.4, -0.2) is 310 Å². The summed E-state index contributed by atoms with van der Waals surface area (Å²) in [6.45, 7) is -1.97. The molecule has 2 saturated heterocycles. The molecular weight excluding hydrogens is 1890 g/mol. The Bertz CT molecular complexity index is 4860. The number of benzene rings is 2. The zero-order chi connectivity index (χ0) is 106. The van der Waals surface area contributed by atoms with Crippen molar-refractivity contribution >= 4 is 129 Å². The number of nitrogens with zero attached hydrogens (tertiary/aromatic N) is 2. The number of para-hydroxylation sites is 1. The third kappa shape index (κ3) is 46.6. The smallest absolute Gasteiger partial charge is 0.326 e. The molecule has 13 atom stereocenters. The number of fused-ring (bicyclic) bond motifs is 2. The number of guanidine groups is 1. The van der Waals surface area contributed by atoms with Crippen LogP contribution < -0.4 is 103 Å². The van der Waals surface area contributed by atoms with Crippen molar-refractivity contribution in [2.24, 2.45) is 22.9 Å². The van der Waals surface area contributed by atoms with Crippen LogP contribution in [0.3, 0.4) is 0 Å². The highest BCUT2D eigenvalue weighted by Gasteiger charge is 2.45. The van der Waals surface area contributed by atoms with Crippen molar-refractivity contribution in [2.45, 2.75) is 304 Å². The average molecular weight is 2040 g/mol. The maximum Gasteiger partial charge on any atom is 0.326 e. The molecule has 0 aliphatic carbocycles. The quantitative estimate of drug-likeness (QED) is 0.0118. The van der Waals surface area contributed by atoms with Gasteiger partial charge < -0.3 is 147 Å². The summed E-state index contributed by atoms with van der Waals surface area (Å²) in [6.07, 6.45) is 14.7. The fourth-order valence-corrected chi connectivity index (χ4v) is 16.3. The first-order valence-corrected chi connectivity index (χ1v) is 49.8. The molecule has 17 amide bonds. The van der Waals surface area contributed by atoms with Gasteiger partial charge in [0.2, 0.25) is 100 Å². The second-order valence-electron chi connectivity index (χ2n) is 36.1. The van der Waals surface area contributed by atoms with Gasteiger partial charge in [0.25, 0.3) is 0 Å². The number of H-pyrrole nitrogens is 2. The highest BCUT2D eigenvalue weighted by molar-refractivity contribution is 6.01. The number of carbonyl (C=O) groups is 19. The van der Waals surface area contributed by atoms with E-state index in [-0.39, 0.29) is 135 Å². The Hall–Kier alpha value is -13.8. The van der Waals surface area contributed by atoms with E-state index in [2.05, 4.69) is 94.7 Å². The molecule has 0 spiro atoms. The highest BCUT2D eigenvalue weighted by atomic mass is 16.5. The van der Waals surface area contributed by atoms with Crippen LogP contribution in [0.1, 0.15) is 223 Å². The number of aliphatic carboxylic acids is 2. The summed E-state index contributed by atoms with van der Waals surface area (Å²) in [5.74, 6) is -17.8. The van der Waals surface area contributed by atoms with Gasteiger partial charge in [0.15, 0.2) is 5.96 Å². The van der Waals surface area contributed by atoms with Crippen LogP contribution in [0.25, 0.3) is 10.9 Å². The van der Waals surface area contributed by atoms with Crippen LogP contribution in [-0.2, 0) is 120 Å². The zero-order valence-electron chi connectivity index (χ0n) is 82.3. The first-order chi connectivity index (χ1) is 69.6. The number of ether oxygens (including phenoxy) is 2. The van der Waals surface area contributed by atoms with Crippen molar-refractivity contribution in [3.8, 4) is 0 Å². The largest absolute Gasteiger partial charge is 0.481 e. The second kappa shape index (κ2) is 66.9. The van der Waals surface area contributed by atoms with Gasteiger partial charge in [-0.05, 0) is 87.8 Å². The summed E-state index contributed by atoms with van der Waals surface area (Å²) >= 11 is 0. The third-order valence-electron chi connectivity index (χ3n) is 24.4. The molecule has 4 aromatic rings. The molecule has 2 fully saturated rings. The Kier molecular flexibility index (Phi) is 55.3. The van der Waals surface area contributed by atoms with Crippen molar-refractivity contribution < 1.29 is 121 Å². The molecule has 2 aliphatic heterocycles. The number of primary amides is 2. The van der Waals surface area contributed by atoms with E-state index in [4.69, 9.17) is 42.9 Å². The number of rotatable bonds is 62. The van der Waals surface area contributed by atoms with Gasteiger partial charge in [0, 0.05) is 114 Å². The molecule has 2 aliphatic rings. The summed E-state index contributed by atoms with van der Waals surface area (Å²) < 4.78 is 10.7. The van der Waals surface area contributed by atoms with Gasteiger partial charge in [-0.1, -0.05) is 145 Å². The summed E-state index contributed by atoms with van der Waals surface area (Å²) in [6, 6.07) is -3.30. The highest BCUT2D eigenvalue weighted by Crippen LogP contribution is 2.25. The molecule has 0 radical (unpaired) electrons. The first-order valence-electron chi connectivity index (χ1n) is 49.8. The SMILES string of the molecule is CCCC[C@H](NC(=O)[C@H](CN)NC(=O)[C@H](Cc1c[nH]cn1)NC(=O)[C@H](CCC(N)=O)NC(=O)[C@H](CO)NC(=O)CNC(=O)COCCOCCNC(=O)CC[C@H](NC(=O)CCCCCCCCCCCCCCCCC(=O)O)C(=O)O)C(=O)N[C@H]1CCC(=O)NCCCC[C@@H](C(N)=O)NC(=O)[C@H](Cc2c[nH]c3ccccc23)NC(=O)[C@H](CCCNC(=N)N)NC(=O)[C@@H](Cc2ccccc2)NC(=O)[C@@H]2C[C@@H](O)CN2C1=O. The Morgan fingerprint density at radius 1 is 0.552 bits per heavy atom. The van der Waals surface area contributed by atoms with Crippen LogP contribution in [0.4, 0.5) is 0 Å².